The highest BCUT2D eigenvalue weighted by Crippen LogP contribution is 2.47. The van der Waals surface area contributed by atoms with Crippen LogP contribution in [-0.4, -0.2) is 24.6 Å². The predicted molar refractivity (Wildman–Crippen MR) is 78.6 cm³/mol. The maximum absolute atomic E-state index is 12.4. The summed E-state index contributed by atoms with van der Waals surface area (Å²) in [6.45, 7) is 0. The molecule has 2 atom stereocenters. The number of hydrogen-bond donors (Lipinski definition) is 0. The van der Waals surface area contributed by atoms with Crippen molar-refractivity contribution >= 4 is 23.5 Å². The van der Waals surface area contributed by atoms with Gasteiger partial charge in [-0.1, -0.05) is 24.3 Å². The van der Waals surface area contributed by atoms with E-state index in [1.165, 1.54) is 18.2 Å². The third-order valence-corrected chi connectivity index (χ3v) is 5.80. The van der Waals surface area contributed by atoms with Gasteiger partial charge in [0.05, 0.1) is 7.11 Å². The average molecular weight is 290 g/mol. The molecule has 0 saturated heterocycles. The summed E-state index contributed by atoms with van der Waals surface area (Å²) in [5.74, 6) is 1.11. The lowest BCUT2D eigenvalue weighted by Gasteiger charge is -2.42. The molecule has 2 aliphatic rings. The van der Waals surface area contributed by atoms with E-state index in [0.717, 1.165) is 17.9 Å². The van der Waals surface area contributed by atoms with Crippen molar-refractivity contribution in [1.82, 2.24) is 0 Å². The number of fused-ring (bicyclic) bond motifs is 2. The Hall–Kier alpha value is -1.29. The lowest BCUT2D eigenvalue weighted by Crippen LogP contribution is -2.43. The zero-order valence-electron chi connectivity index (χ0n) is 11.6. The molecule has 0 radical (unpaired) electrons. The number of ether oxygens (including phenoxy) is 1. The molecular formula is C16H18O3S. The summed E-state index contributed by atoms with van der Waals surface area (Å²) in [6.07, 6.45) is 1.97. The molecule has 106 valence electrons. The maximum atomic E-state index is 12.4. The van der Waals surface area contributed by atoms with E-state index in [0.29, 0.717) is 12.8 Å². The molecule has 3 nitrogen and oxygen atoms in total. The first-order valence-electron chi connectivity index (χ1n) is 6.93. The second-order valence-corrected chi connectivity index (χ2v) is 6.67. The molecule has 1 aliphatic carbocycles. The topological polar surface area (TPSA) is 43.4 Å². The lowest BCUT2D eigenvalue weighted by atomic mass is 9.66. The standard InChI is InChI=1S/C16H18O3S/c1-19-15(18)12-6-7-16(8-14(12)17)10-20-9-11-4-2-3-5-13(11)16/h2-5,12H,6-10H2,1H3. The summed E-state index contributed by atoms with van der Waals surface area (Å²) >= 11 is 1.89. The fourth-order valence-corrected chi connectivity index (χ4v) is 4.84. The van der Waals surface area contributed by atoms with Crippen molar-refractivity contribution in [1.29, 1.82) is 0 Å². The molecular weight excluding hydrogens is 272 g/mol. The number of rotatable bonds is 1. The van der Waals surface area contributed by atoms with Crippen LogP contribution in [0.15, 0.2) is 24.3 Å². The highest BCUT2D eigenvalue weighted by molar-refractivity contribution is 7.98. The first-order chi connectivity index (χ1) is 9.66. The van der Waals surface area contributed by atoms with Crippen LogP contribution < -0.4 is 0 Å². The van der Waals surface area contributed by atoms with Crippen LogP contribution in [0.3, 0.4) is 0 Å². The number of ketones is 1. The van der Waals surface area contributed by atoms with Gasteiger partial charge in [-0.3, -0.25) is 9.59 Å². The Morgan fingerprint density at radius 3 is 2.95 bits per heavy atom. The average Bonchev–Trinajstić information content (AvgIpc) is 2.47. The Kier molecular flexibility index (Phi) is 3.59. The Labute approximate surface area is 123 Å². The number of thioether (sulfide) groups is 1. The molecule has 3 rings (SSSR count). The fourth-order valence-electron chi connectivity index (χ4n) is 3.47. The minimum absolute atomic E-state index is 0.0420. The summed E-state index contributed by atoms with van der Waals surface area (Å²) in [7, 11) is 1.35. The first kappa shape index (κ1) is 13.7. The maximum Gasteiger partial charge on any atom is 0.316 e. The molecule has 1 heterocycles. The van der Waals surface area contributed by atoms with Gasteiger partial charge in [-0.05, 0) is 24.0 Å². The van der Waals surface area contributed by atoms with Crippen LogP contribution in [0.1, 0.15) is 30.4 Å². The molecule has 0 bridgehead atoms. The smallest absolute Gasteiger partial charge is 0.316 e. The Morgan fingerprint density at radius 1 is 1.40 bits per heavy atom. The SMILES string of the molecule is COC(=O)C1CCC2(CSCc3ccccc32)CC1=O. The fraction of sp³-hybridized carbons (Fsp3) is 0.500. The van der Waals surface area contributed by atoms with Gasteiger partial charge in [0, 0.05) is 23.3 Å². The molecule has 1 saturated carbocycles. The van der Waals surface area contributed by atoms with E-state index in [1.54, 1.807) is 0 Å². The van der Waals surface area contributed by atoms with Crippen molar-refractivity contribution in [3.8, 4) is 0 Å². The van der Waals surface area contributed by atoms with Crippen molar-refractivity contribution in [2.45, 2.75) is 30.4 Å². The van der Waals surface area contributed by atoms with E-state index in [4.69, 9.17) is 4.74 Å². The largest absolute Gasteiger partial charge is 0.468 e. The second-order valence-electron chi connectivity index (χ2n) is 5.69. The molecule has 1 aromatic carbocycles. The summed E-state index contributed by atoms with van der Waals surface area (Å²) in [5, 5.41) is 0. The number of carbonyl (C=O) groups excluding carboxylic acids is 2. The van der Waals surface area contributed by atoms with Gasteiger partial charge in [-0.2, -0.15) is 11.8 Å². The van der Waals surface area contributed by atoms with Gasteiger partial charge < -0.3 is 4.74 Å². The van der Waals surface area contributed by atoms with Gasteiger partial charge in [0.2, 0.25) is 0 Å². The minimum atomic E-state index is -0.551. The van der Waals surface area contributed by atoms with Crippen molar-refractivity contribution in [3.63, 3.8) is 0 Å². The number of methoxy groups -OCH3 is 1. The van der Waals surface area contributed by atoms with E-state index < -0.39 is 5.92 Å². The Bertz CT molecular complexity index is 554. The summed E-state index contributed by atoms with van der Waals surface area (Å²) in [6, 6.07) is 8.41. The highest BCUT2D eigenvalue weighted by atomic mass is 32.2. The number of hydrogen-bond acceptors (Lipinski definition) is 4. The van der Waals surface area contributed by atoms with Gasteiger partial charge in [0.15, 0.2) is 0 Å². The third-order valence-electron chi connectivity index (χ3n) is 4.52. The van der Waals surface area contributed by atoms with E-state index in [1.807, 2.05) is 17.8 Å². The molecule has 0 aromatic heterocycles. The molecule has 1 fully saturated rings. The highest BCUT2D eigenvalue weighted by Gasteiger charge is 2.46. The molecule has 1 spiro atoms. The zero-order valence-corrected chi connectivity index (χ0v) is 12.4. The molecule has 1 aromatic rings. The van der Waals surface area contributed by atoms with E-state index in [9.17, 15) is 9.59 Å². The van der Waals surface area contributed by atoms with Gasteiger partial charge in [0.25, 0.3) is 0 Å². The number of esters is 1. The minimum Gasteiger partial charge on any atom is -0.468 e. The number of carbonyl (C=O) groups is 2. The van der Waals surface area contributed by atoms with Crippen LogP contribution in [0.2, 0.25) is 0 Å². The normalized spacial score (nSPS) is 29.1. The van der Waals surface area contributed by atoms with Crippen molar-refractivity contribution in [2.24, 2.45) is 5.92 Å². The van der Waals surface area contributed by atoms with E-state index >= 15 is 0 Å². The molecule has 20 heavy (non-hydrogen) atoms. The van der Waals surface area contributed by atoms with Crippen LogP contribution in [0, 0.1) is 5.92 Å². The van der Waals surface area contributed by atoms with E-state index in [-0.39, 0.29) is 17.2 Å². The van der Waals surface area contributed by atoms with Crippen LogP contribution in [-0.2, 0) is 25.5 Å². The van der Waals surface area contributed by atoms with Crippen LogP contribution >= 0.6 is 11.8 Å². The van der Waals surface area contributed by atoms with Crippen LogP contribution in [0.25, 0.3) is 0 Å². The molecule has 0 N–H and O–H groups in total. The first-order valence-corrected chi connectivity index (χ1v) is 8.08. The van der Waals surface area contributed by atoms with Gasteiger partial charge in [-0.15, -0.1) is 0 Å². The van der Waals surface area contributed by atoms with Crippen LogP contribution in [0.4, 0.5) is 0 Å². The summed E-state index contributed by atoms with van der Waals surface area (Å²) < 4.78 is 4.74. The van der Waals surface area contributed by atoms with Gasteiger partial charge in [0.1, 0.15) is 11.7 Å². The monoisotopic (exact) mass is 290 g/mol. The van der Waals surface area contributed by atoms with Gasteiger partial charge >= 0.3 is 5.97 Å². The quantitative estimate of drug-likeness (QED) is 0.589. The summed E-state index contributed by atoms with van der Waals surface area (Å²) in [5.41, 5.74) is 2.59. The Balaban J connectivity index is 1.90. The zero-order chi connectivity index (χ0) is 14.2. The number of benzene rings is 1. The Morgan fingerprint density at radius 2 is 2.20 bits per heavy atom. The van der Waals surface area contributed by atoms with Crippen molar-refractivity contribution in [3.05, 3.63) is 35.4 Å². The molecule has 1 aliphatic heterocycles. The third kappa shape index (κ3) is 2.16. The predicted octanol–water partition coefficient (Wildman–Crippen LogP) is 2.71. The van der Waals surface area contributed by atoms with E-state index in [2.05, 4.69) is 18.2 Å². The molecule has 4 heteroatoms. The second kappa shape index (κ2) is 5.24. The van der Waals surface area contributed by atoms with Crippen LogP contribution in [0.5, 0.6) is 0 Å². The van der Waals surface area contributed by atoms with Crippen molar-refractivity contribution < 1.29 is 14.3 Å². The lowest BCUT2D eigenvalue weighted by molar-refractivity contribution is -0.151. The molecule has 0 amide bonds. The summed E-state index contributed by atoms with van der Waals surface area (Å²) in [4.78, 5) is 24.0. The number of Topliss-reactive ketones (excluding diaryl/α,β-unsaturated/α-hetero) is 1. The van der Waals surface area contributed by atoms with Crippen molar-refractivity contribution in [2.75, 3.05) is 12.9 Å². The molecule has 2 unspecified atom stereocenters. The van der Waals surface area contributed by atoms with Gasteiger partial charge in [-0.25, -0.2) is 0 Å².